The Bertz CT molecular complexity index is 2890. The van der Waals surface area contributed by atoms with Crippen LogP contribution < -0.4 is 0 Å². The second-order valence-electron chi connectivity index (χ2n) is 13.6. The molecule has 0 aliphatic heterocycles. The Hall–Kier alpha value is -6.91. The van der Waals surface area contributed by atoms with Crippen molar-refractivity contribution in [1.29, 1.82) is 0 Å². The van der Waals surface area contributed by atoms with Crippen LogP contribution in [0.4, 0.5) is 0 Å². The van der Waals surface area contributed by atoms with Gasteiger partial charge < -0.3 is 4.57 Å². The highest BCUT2D eigenvalue weighted by molar-refractivity contribution is 6.26. The Morgan fingerprint density at radius 1 is 0.404 bits per heavy atom. The fraction of sp³-hybridized carbons (Fsp3) is 0.0208. The van der Waals surface area contributed by atoms with Crippen LogP contribution in [0, 0.1) is 0 Å². The second kappa shape index (κ2) is 11.3. The third-order valence-corrected chi connectivity index (χ3v) is 10.7. The Kier molecular flexibility index (Phi) is 6.28. The first-order valence-electron chi connectivity index (χ1n) is 17.7. The van der Waals surface area contributed by atoms with E-state index in [2.05, 4.69) is 144 Å². The predicted octanol–water partition coefficient (Wildman–Crippen LogP) is 11.7. The van der Waals surface area contributed by atoms with Crippen LogP contribution in [0.5, 0.6) is 0 Å². The maximum absolute atomic E-state index is 5.18. The van der Waals surface area contributed by atoms with Crippen molar-refractivity contribution in [2.75, 3.05) is 0 Å². The van der Waals surface area contributed by atoms with Gasteiger partial charge in [0.05, 0.1) is 17.0 Å². The zero-order valence-electron chi connectivity index (χ0n) is 28.1. The monoisotopic (exact) mass is 662 g/mol. The molecular weight excluding hydrogens is 633 g/mol. The molecule has 52 heavy (non-hydrogen) atoms. The summed E-state index contributed by atoms with van der Waals surface area (Å²) in [6.45, 7) is 0. The summed E-state index contributed by atoms with van der Waals surface area (Å²) in [5.74, 6) is 1.99. The van der Waals surface area contributed by atoms with E-state index in [4.69, 9.17) is 15.0 Å². The maximum atomic E-state index is 5.18. The van der Waals surface area contributed by atoms with Gasteiger partial charge in [-0.25, -0.2) is 15.0 Å². The van der Waals surface area contributed by atoms with E-state index in [0.29, 0.717) is 11.6 Å². The van der Waals surface area contributed by atoms with Gasteiger partial charge in [0.1, 0.15) is 5.82 Å². The minimum atomic E-state index is -0.125. The molecule has 242 valence electrons. The lowest BCUT2D eigenvalue weighted by atomic mass is 9.91. The molecule has 1 aliphatic rings. The third-order valence-electron chi connectivity index (χ3n) is 10.7. The van der Waals surface area contributed by atoms with Gasteiger partial charge in [0.2, 0.25) is 0 Å². The molecule has 1 unspecified atom stereocenters. The van der Waals surface area contributed by atoms with Crippen LogP contribution in [0.25, 0.3) is 83.3 Å². The number of hydrogen-bond acceptors (Lipinski definition) is 3. The van der Waals surface area contributed by atoms with E-state index in [0.717, 1.165) is 17.0 Å². The number of para-hydroxylation sites is 1. The van der Waals surface area contributed by atoms with Crippen molar-refractivity contribution >= 4 is 32.6 Å². The molecule has 1 aliphatic carbocycles. The molecule has 0 N–H and O–H groups in total. The summed E-state index contributed by atoms with van der Waals surface area (Å²) in [4.78, 5) is 15.3. The highest BCUT2D eigenvalue weighted by Gasteiger charge is 2.33. The summed E-state index contributed by atoms with van der Waals surface area (Å²) >= 11 is 0. The molecule has 11 rings (SSSR count). The molecule has 0 saturated carbocycles. The second-order valence-corrected chi connectivity index (χ2v) is 13.6. The van der Waals surface area contributed by atoms with Crippen molar-refractivity contribution < 1.29 is 0 Å². The van der Waals surface area contributed by atoms with Crippen molar-refractivity contribution in [1.82, 2.24) is 19.5 Å². The molecule has 2 heterocycles. The van der Waals surface area contributed by atoms with E-state index in [1.807, 2.05) is 36.4 Å². The number of hydrogen-bond donors (Lipinski definition) is 0. The van der Waals surface area contributed by atoms with Gasteiger partial charge in [-0.2, -0.15) is 0 Å². The smallest absolute Gasteiger partial charge is 0.163 e. The van der Waals surface area contributed by atoms with Crippen LogP contribution in [-0.4, -0.2) is 19.5 Å². The molecule has 0 saturated heterocycles. The van der Waals surface area contributed by atoms with E-state index >= 15 is 0 Å². The van der Waals surface area contributed by atoms with Crippen LogP contribution in [0.3, 0.4) is 0 Å². The third kappa shape index (κ3) is 4.31. The number of rotatable bonds is 5. The molecule has 0 spiro atoms. The number of benzene rings is 8. The summed E-state index contributed by atoms with van der Waals surface area (Å²) in [6, 6.07) is 62.6. The van der Waals surface area contributed by atoms with E-state index < -0.39 is 0 Å². The van der Waals surface area contributed by atoms with Crippen LogP contribution >= 0.6 is 0 Å². The quantitative estimate of drug-likeness (QED) is 0.172. The summed E-state index contributed by atoms with van der Waals surface area (Å²) < 4.78 is 2.40. The lowest BCUT2D eigenvalue weighted by Crippen LogP contribution is -2.09. The first-order valence-corrected chi connectivity index (χ1v) is 17.7. The predicted molar refractivity (Wildman–Crippen MR) is 212 cm³/mol. The maximum Gasteiger partial charge on any atom is 0.163 e. The average Bonchev–Trinajstić information content (AvgIpc) is 3.74. The van der Waals surface area contributed by atoms with Crippen molar-refractivity contribution in [2.45, 2.75) is 5.92 Å². The Labute approximate surface area is 300 Å². The number of aromatic nitrogens is 4. The molecule has 8 aromatic carbocycles. The summed E-state index contributed by atoms with van der Waals surface area (Å²) in [5, 5.41) is 5.14. The largest absolute Gasteiger partial charge is 0.309 e. The fourth-order valence-electron chi connectivity index (χ4n) is 8.40. The highest BCUT2D eigenvalue weighted by Crippen LogP contribution is 2.50. The fourth-order valence-corrected chi connectivity index (χ4v) is 8.40. The highest BCUT2D eigenvalue weighted by atomic mass is 15.0. The van der Waals surface area contributed by atoms with Crippen molar-refractivity contribution in [2.24, 2.45) is 0 Å². The van der Waals surface area contributed by atoms with E-state index in [1.54, 1.807) is 0 Å². The number of nitrogens with zero attached hydrogens (tertiary/aromatic N) is 4. The van der Waals surface area contributed by atoms with Crippen LogP contribution in [0.1, 0.15) is 22.9 Å². The van der Waals surface area contributed by atoms with Gasteiger partial charge in [-0.05, 0) is 74.5 Å². The summed E-state index contributed by atoms with van der Waals surface area (Å²) in [6.07, 6.45) is 0. The van der Waals surface area contributed by atoms with Crippen LogP contribution in [0.2, 0.25) is 0 Å². The minimum Gasteiger partial charge on any atom is -0.309 e. The van der Waals surface area contributed by atoms with Crippen LogP contribution in [0.15, 0.2) is 176 Å². The van der Waals surface area contributed by atoms with E-state index in [-0.39, 0.29) is 5.92 Å². The molecule has 4 heteroatoms. The van der Waals surface area contributed by atoms with Gasteiger partial charge in [0, 0.05) is 27.6 Å². The zero-order valence-corrected chi connectivity index (χ0v) is 28.1. The molecular formula is C48H30N4. The van der Waals surface area contributed by atoms with Gasteiger partial charge in [0.25, 0.3) is 0 Å². The van der Waals surface area contributed by atoms with Gasteiger partial charge in [-0.15, -0.1) is 0 Å². The Morgan fingerprint density at radius 2 is 1.06 bits per heavy atom. The SMILES string of the molecule is c1ccc(-c2nc(-c3ccccc3)nc(C3c4ccccc4-c4cc(-c5ccc6c7c5ccc5cccc(c57)n6-c5ccccc5)ccc43)n2)cc1. The zero-order chi connectivity index (χ0) is 34.2. The average molecular weight is 663 g/mol. The minimum absolute atomic E-state index is 0.125. The van der Waals surface area contributed by atoms with Crippen molar-refractivity contribution in [3.63, 3.8) is 0 Å². The molecule has 0 fully saturated rings. The molecule has 2 aromatic heterocycles. The van der Waals surface area contributed by atoms with E-state index in [1.165, 1.54) is 71.6 Å². The van der Waals surface area contributed by atoms with Gasteiger partial charge in [0.15, 0.2) is 11.6 Å². The summed E-state index contributed by atoms with van der Waals surface area (Å²) in [5.41, 5.74) is 12.9. The Balaban J connectivity index is 1.10. The molecule has 0 radical (unpaired) electrons. The Morgan fingerprint density at radius 3 is 1.81 bits per heavy atom. The first-order chi connectivity index (χ1) is 25.8. The van der Waals surface area contributed by atoms with Gasteiger partial charge >= 0.3 is 0 Å². The van der Waals surface area contributed by atoms with Gasteiger partial charge in [-0.3, -0.25) is 0 Å². The van der Waals surface area contributed by atoms with Crippen LogP contribution in [-0.2, 0) is 0 Å². The molecule has 0 amide bonds. The lowest BCUT2D eigenvalue weighted by Gasteiger charge is -2.16. The van der Waals surface area contributed by atoms with Crippen molar-refractivity contribution in [3.8, 4) is 50.7 Å². The molecule has 0 bridgehead atoms. The molecule has 10 aromatic rings. The molecule has 1 atom stereocenters. The first kappa shape index (κ1) is 28.9. The summed E-state index contributed by atoms with van der Waals surface area (Å²) in [7, 11) is 0. The van der Waals surface area contributed by atoms with E-state index in [9.17, 15) is 0 Å². The van der Waals surface area contributed by atoms with Crippen molar-refractivity contribution in [3.05, 3.63) is 193 Å². The van der Waals surface area contributed by atoms with Gasteiger partial charge in [-0.1, -0.05) is 146 Å². The normalized spacial score (nSPS) is 13.6. The number of fused-ring (bicyclic) bond motifs is 3. The topological polar surface area (TPSA) is 43.6 Å². The standard InChI is InChI=1S/C48H30N4/c1-4-13-31(14-5-1)46-49-47(32-15-6-2-7-16-32)51-48(50-46)44-37-21-11-10-20-36(37)40-29-33(24-26-39(40)44)35-27-28-42-45-38(35)25-23-30-17-12-22-41(43(30)45)52(42)34-18-8-3-9-19-34/h1-29,44H. The molecule has 4 nitrogen and oxygen atoms in total. The lowest BCUT2D eigenvalue weighted by molar-refractivity contribution is 0.856.